The molecule has 0 aliphatic rings. The van der Waals surface area contributed by atoms with Gasteiger partial charge in [-0.3, -0.25) is 0 Å². The van der Waals surface area contributed by atoms with Crippen molar-refractivity contribution >= 4 is 0 Å². The third-order valence-electron chi connectivity index (χ3n) is 8.11. The van der Waals surface area contributed by atoms with Gasteiger partial charge in [0, 0.05) is 5.56 Å². The van der Waals surface area contributed by atoms with Gasteiger partial charge in [-0.1, -0.05) is 36.4 Å². The molecule has 0 aliphatic heterocycles. The summed E-state index contributed by atoms with van der Waals surface area (Å²) in [6.07, 6.45) is 1.50. The Hall–Kier alpha value is -3.60. The molecular weight excluding hydrogens is 496 g/mol. The summed E-state index contributed by atoms with van der Waals surface area (Å²) in [5, 5.41) is 19.9. The van der Waals surface area contributed by atoms with Gasteiger partial charge in [0.25, 0.3) is 0 Å². The van der Waals surface area contributed by atoms with Crippen LogP contribution in [0.3, 0.4) is 0 Å². The molecule has 4 aromatic rings. The zero-order chi connectivity index (χ0) is 29.1. The van der Waals surface area contributed by atoms with Gasteiger partial charge >= 0.3 is 0 Å². The highest BCUT2D eigenvalue weighted by molar-refractivity contribution is 5.77. The third-order valence-corrected chi connectivity index (χ3v) is 8.11. The van der Waals surface area contributed by atoms with E-state index in [1.54, 1.807) is 14.2 Å². The van der Waals surface area contributed by atoms with Crippen molar-refractivity contribution in [3.8, 4) is 22.6 Å². The van der Waals surface area contributed by atoms with E-state index < -0.39 is 0 Å². The van der Waals surface area contributed by atoms with Crippen molar-refractivity contribution in [2.75, 3.05) is 14.2 Å². The second-order valence-electron chi connectivity index (χ2n) is 11.1. The largest absolute Gasteiger partial charge is 0.496 e. The molecule has 0 bridgehead atoms. The van der Waals surface area contributed by atoms with Crippen molar-refractivity contribution in [1.29, 1.82) is 0 Å². The number of methoxy groups -OCH3 is 2. The van der Waals surface area contributed by atoms with Crippen LogP contribution in [0.25, 0.3) is 11.1 Å². The summed E-state index contributed by atoms with van der Waals surface area (Å²) in [5.74, 6) is 1.74. The molecule has 0 saturated carbocycles. The predicted molar refractivity (Wildman–Crippen MR) is 164 cm³/mol. The number of benzene rings is 4. The maximum absolute atomic E-state index is 10.3. The second kappa shape index (κ2) is 12.3. The molecule has 0 fully saturated rings. The molecule has 0 atom stereocenters. The van der Waals surface area contributed by atoms with Gasteiger partial charge < -0.3 is 19.7 Å². The molecule has 0 saturated heterocycles. The molecule has 4 heteroatoms. The molecule has 4 aromatic carbocycles. The average Bonchev–Trinajstić information content (AvgIpc) is 2.90. The van der Waals surface area contributed by atoms with E-state index in [1.165, 1.54) is 22.3 Å². The topological polar surface area (TPSA) is 58.9 Å². The summed E-state index contributed by atoms with van der Waals surface area (Å²) >= 11 is 0. The van der Waals surface area contributed by atoms with Crippen molar-refractivity contribution in [1.82, 2.24) is 0 Å². The molecule has 2 N–H and O–H groups in total. The van der Waals surface area contributed by atoms with Crippen LogP contribution in [0.1, 0.15) is 66.8 Å². The highest BCUT2D eigenvalue weighted by Gasteiger charge is 2.17. The SMILES string of the molecule is COc1cc(-c2cc(Cc3cc(C)c(CO)c(Cc4cc(C)c(CO)cc4C)c3)cc(C)c2OC)c(C)cc1C. The van der Waals surface area contributed by atoms with E-state index in [0.29, 0.717) is 0 Å². The summed E-state index contributed by atoms with van der Waals surface area (Å²) in [6.45, 7) is 12.6. The van der Waals surface area contributed by atoms with Gasteiger partial charge in [-0.2, -0.15) is 0 Å². The number of aliphatic hydroxyl groups is 2. The van der Waals surface area contributed by atoms with Gasteiger partial charge in [0.15, 0.2) is 0 Å². The molecule has 40 heavy (non-hydrogen) atoms. The molecule has 4 nitrogen and oxygen atoms in total. The fraction of sp³-hybridized carbons (Fsp3) is 0.333. The van der Waals surface area contributed by atoms with Crippen LogP contribution >= 0.6 is 0 Å². The molecule has 0 aliphatic carbocycles. The van der Waals surface area contributed by atoms with Crippen molar-refractivity contribution < 1.29 is 19.7 Å². The first kappa shape index (κ1) is 29.4. The Morgan fingerprint density at radius 1 is 0.500 bits per heavy atom. The van der Waals surface area contributed by atoms with Crippen LogP contribution in [-0.2, 0) is 26.1 Å². The average molecular weight is 539 g/mol. The van der Waals surface area contributed by atoms with Gasteiger partial charge in [-0.25, -0.2) is 0 Å². The lowest BCUT2D eigenvalue weighted by Crippen LogP contribution is -2.04. The smallest absolute Gasteiger partial charge is 0.129 e. The van der Waals surface area contributed by atoms with E-state index >= 15 is 0 Å². The van der Waals surface area contributed by atoms with Crippen molar-refractivity contribution in [3.05, 3.63) is 115 Å². The number of hydrogen-bond acceptors (Lipinski definition) is 4. The van der Waals surface area contributed by atoms with E-state index in [9.17, 15) is 10.2 Å². The van der Waals surface area contributed by atoms with Gasteiger partial charge in [-0.05, 0) is 139 Å². The Kier molecular flexibility index (Phi) is 9.02. The first-order valence-electron chi connectivity index (χ1n) is 13.8. The Bertz CT molecular complexity index is 1550. The molecule has 0 heterocycles. The van der Waals surface area contributed by atoms with Gasteiger partial charge in [0.05, 0.1) is 27.4 Å². The minimum Gasteiger partial charge on any atom is -0.496 e. The number of hydrogen-bond donors (Lipinski definition) is 2. The first-order chi connectivity index (χ1) is 19.1. The zero-order valence-corrected chi connectivity index (χ0v) is 25.2. The molecule has 0 amide bonds. The number of aryl methyl sites for hydroxylation is 6. The van der Waals surface area contributed by atoms with E-state index in [-0.39, 0.29) is 13.2 Å². The van der Waals surface area contributed by atoms with Crippen LogP contribution in [0.2, 0.25) is 0 Å². The molecular formula is C36H42O4. The van der Waals surface area contributed by atoms with Crippen molar-refractivity contribution in [3.63, 3.8) is 0 Å². The van der Waals surface area contributed by atoms with Crippen LogP contribution in [0, 0.1) is 41.5 Å². The lowest BCUT2D eigenvalue weighted by molar-refractivity contribution is 0.280. The maximum atomic E-state index is 10.3. The Morgan fingerprint density at radius 3 is 1.80 bits per heavy atom. The molecule has 0 aromatic heterocycles. The van der Waals surface area contributed by atoms with Crippen LogP contribution in [-0.4, -0.2) is 24.4 Å². The fourth-order valence-corrected chi connectivity index (χ4v) is 5.96. The minimum absolute atomic E-state index is 0.00846. The van der Waals surface area contributed by atoms with Crippen LogP contribution < -0.4 is 9.47 Å². The summed E-state index contributed by atoms with van der Waals surface area (Å²) < 4.78 is 11.5. The monoisotopic (exact) mass is 538 g/mol. The van der Waals surface area contributed by atoms with Gasteiger partial charge in [0.2, 0.25) is 0 Å². The van der Waals surface area contributed by atoms with E-state index in [1.807, 2.05) is 6.92 Å². The number of aliphatic hydroxyl groups excluding tert-OH is 2. The molecule has 0 unspecified atom stereocenters. The first-order valence-corrected chi connectivity index (χ1v) is 13.8. The Balaban J connectivity index is 1.77. The van der Waals surface area contributed by atoms with Crippen LogP contribution in [0.5, 0.6) is 11.5 Å². The Labute approximate surface area is 239 Å². The normalized spacial score (nSPS) is 11.2. The van der Waals surface area contributed by atoms with Gasteiger partial charge in [0.1, 0.15) is 11.5 Å². The predicted octanol–water partition coefficient (Wildman–Crippen LogP) is 7.39. The van der Waals surface area contributed by atoms with E-state index in [0.717, 1.165) is 80.0 Å². The second-order valence-corrected chi connectivity index (χ2v) is 11.1. The quantitative estimate of drug-likeness (QED) is 0.233. The summed E-state index contributed by atoms with van der Waals surface area (Å²) in [4.78, 5) is 0. The van der Waals surface area contributed by atoms with Crippen LogP contribution in [0.15, 0.2) is 48.5 Å². The van der Waals surface area contributed by atoms with Gasteiger partial charge in [-0.15, -0.1) is 0 Å². The Morgan fingerprint density at radius 2 is 1.15 bits per heavy atom. The highest BCUT2D eigenvalue weighted by atomic mass is 16.5. The van der Waals surface area contributed by atoms with Crippen molar-refractivity contribution in [2.24, 2.45) is 0 Å². The van der Waals surface area contributed by atoms with E-state index in [2.05, 4.69) is 83.1 Å². The number of ether oxygens (including phenoxy) is 2. The summed E-state index contributed by atoms with van der Waals surface area (Å²) in [7, 11) is 3.44. The highest BCUT2D eigenvalue weighted by Crippen LogP contribution is 2.39. The molecule has 0 radical (unpaired) electrons. The van der Waals surface area contributed by atoms with Crippen LogP contribution in [0.4, 0.5) is 0 Å². The fourth-order valence-electron chi connectivity index (χ4n) is 5.96. The summed E-state index contributed by atoms with van der Waals surface area (Å²) in [5.41, 5.74) is 15.6. The van der Waals surface area contributed by atoms with E-state index in [4.69, 9.17) is 9.47 Å². The summed E-state index contributed by atoms with van der Waals surface area (Å²) in [6, 6.07) is 17.4. The zero-order valence-electron chi connectivity index (χ0n) is 25.2. The molecule has 210 valence electrons. The lowest BCUT2D eigenvalue weighted by atomic mass is 9.88. The maximum Gasteiger partial charge on any atom is 0.129 e. The van der Waals surface area contributed by atoms with Crippen molar-refractivity contribution in [2.45, 2.75) is 67.6 Å². The standard InChI is InChI=1S/C36H42O4/c1-21-13-31(19-37)22(2)12-29(21)17-30-15-27(10-24(4)34(30)20-38)14-28-11-26(6)36(40-8)33(16-28)32-18-35(39-7)25(5)9-23(32)3/h9-13,15-16,18,37-38H,14,17,19-20H2,1-8H3. The number of rotatable bonds is 9. The minimum atomic E-state index is 0.00846. The lowest BCUT2D eigenvalue weighted by Gasteiger charge is -2.19. The molecule has 4 rings (SSSR count). The third kappa shape index (κ3) is 5.94. The molecule has 0 spiro atoms.